The van der Waals surface area contributed by atoms with Crippen LogP contribution in [0.15, 0.2) is 36.9 Å². The standard InChI is InChI=1S/C19H23ClN4/c1-13(14-8-21-12-22-9-14)10-24-18-4-3-15(20)7-16(18)17-11-23(2)6-5-19(17)24/h3-4,7-9,12-13,17,19H,5-6,10-11H2,1-2H3/t13-,17?,19?/m1/s1. The number of nitrogens with zero attached hydrogens (tertiary/aromatic N) is 4. The van der Waals surface area contributed by atoms with Gasteiger partial charge in [-0.05, 0) is 49.3 Å². The molecule has 0 aliphatic carbocycles. The van der Waals surface area contributed by atoms with E-state index in [2.05, 4.69) is 45.9 Å². The topological polar surface area (TPSA) is 32.3 Å². The van der Waals surface area contributed by atoms with Crippen LogP contribution in [-0.4, -0.2) is 47.6 Å². The Morgan fingerprint density at radius 1 is 1.29 bits per heavy atom. The molecule has 2 aliphatic heterocycles. The summed E-state index contributed by atoms with van der Waals surface area (Å²) in [6.45, 7) is 5.52. The van der Waals surface area contributed by atoms with E-state index in [1.807, 2.05) is 18.5 Å². The summed E-state index contributed by atoms with van der Waals surface area (Å²) in [6, 6.07) is 6.96. The first kappa shape index (κ1) is 15.9. The average Bonchev–Trinajstić information content (AvgIpc) is 2.88. The molecular formula is C19H23ClN4. The van der Waals surface area contributed by atoms with Gasteiger partial charge in [-0.2, -0.15) is 0 Å². The molecule has 0 amide bonds. The van der Waals surface area contributed by atoms with Gasteiger partial charge in [-0.3, -0.25) is 0 Å². The fourth-order valence-corrected chi connectivity index (χ4v) is 4.42. The summed E-state index contributed by atoms with van der Waals surface area (Å²) in [5.41, 5.74) is 3.97. The second-order valence-corrected chi connectivity index (χ2v) is 7.59. The highest BCUT2D eigenvalue weighted by Crippen LogP contribution is 2.46. The van der Waals surface area contributed by atoms with Gasteiger partial charge in [-0.1, -0.05) is 18.5 Å². The number of anilines is 1. The second-order valence-electron chi connectivity index (χ2n) is 7.15. The van der Waals surface area contributed by atoms with Crippen molar-refractivity contribution in [3.8, 4) is 0 Å². The Morgan fingerprint density at radius 3 is 2.88 bits per heavy atom. The van der Waals surface area contributed by atoms with E-state index in [4.69, 9.17) is 11.6 Å². The average molecular weight is 343 g/mol. The minimum absolute atomic E-state index is 0.396. The van der Waals surface area contributed by atoms with Crippen LogP contribution < -0.4 is 4.90 Å². The van der Waals surface area contributed by atoms with Crippen molar-refractivity contribution in [2.24, 2.45) is 0 Å². The van der Waals surface area contributed by atoms with E-state index in [0.717, 1.165) is 24.7 Å². The molecule has 5 heteroatoms. The van der Waals surface area contributed by atoms with Gasteiger partial charge in [-0.25, -0.2) is 9.97 Å². The first-order valence-electron chi connectivity index (χ1n) is 8.63. The minimum Gasteiger partial charge on any atom is -0.367 e. The van der Waals surface area contributed by atoms with Gasteiger partial charge in [0.05, 0.1) is 0 Å². The maximum absolute atomic E-state index is 6.29. The number of rotatable bonds is 3. The van der Waals surface area contributed by atoms with Crippen LogP contribution >= 0.6 is 11.6 Å². The van der Waals surface area contributed by atoms with Gasteiger partial charge in [0.2, 0.25) is 0 Å². The number of aromatic nitrogens is 2. The summed E-state index contributed by atoms with van der Waals surface area (Å²) in [4.78, 5) is 13.4. The van der Waals surface area contributed by atoms with Crippen molar-refractivity contribution in [2.45, 2.75) is 31.2 Å². The highest BCUT2D eigenvalue weighted by Gasteiger charge is 2.41. The summed E-state index contributed by atoms with van der Waals surface area (Å²) in [7, 11) is 2.22. The van der Waals surface area contributed by atoms with Gasteiger partial charge >= 0.3 is 0 Å². The fraction of sp³-hybridized carbons (Fsp3) is 0.474. The van der Waals surface area contributed by atoms with Gasteiger partial charge in [0.1, 0.15) is 6.33 Å². The molecule has 2 aliphatic rings. The zero-order valence-electron chi connectivity index (χ0n) is 14.2. The smallest absolute Gasteiger partial charge is 0.115 e. The van der Waals surface area contributed by atoms with E-state index in [0.29, 0.717) is 17.9 Å². The lowest BCUT2D eigenvalue weighted by Crippen LogP contribution is -2.45. The number of piperidine rings is 1. The van der Waals surface area contributed by atoms with Crippen LogP contribution in [0.4, 0.5) is 5.69 Å². The van der Waals surface area contributed by atoms with Crippen molar-refractivity contribution in [3.63, 3.8) is 0 Å². The Hall–Kier alpha value is -1.65. The number of likely N-dealkylation sites (N-methyl/N-ethyl adjacent to an activating group) is 1. The number of likely N-dealkylation sites (tertiary alicyclic amines) is 1. The van der Waals surface area contributed by atoms with Gasteiger partial charge < -0.3 is 9.80 Å². The SMILES string of the molecule is C[C@H](CN1c2ccc(Cl)cc2C2CN(C)CCC21)c1cncnc1. The summed E-state index contributed by atoms with van der Waals surface area (Å²) >= 11 is 6.29. The minimum atomic E-state index is 0.396. The van der Waals surface area contributed by atoms with Gasteiger partial charge in [0.15, 0.2) is 0 Å². The molecule has 3 atom stereocenters. The zero-order chi connectivity index (χ0) is 16.7. The summed E-state index contributed by atoms with van der Waals surface area (Å²) in [5.74, 6) is 0.949. The third-order valence-electron chi connectivity index (χ3n) is 5.50. The van der Waals surface area contributed by atoms with Crippen molar-refractivity contribution in [1.29, 1.82) is 0 Å². The molecule has 1 aromatic carbocycles. The van der Waals surface area contributed by atoms with Crippen molar-refractivity contribution in [2.75, 3.05) is 31.6 Å². The molecule has 1 saturated heterocycles. The number of hydrogen-bond donors (Lipinski definition) is 0. The third-order valence-corrected chi connectivity index (χ3v) is 5.73. The number of hydrogen-bond acceptors (Lipinski definition) is 4. The van der Waals surface area contributed by atoms with Crippen LogP contribution in [-0.2, 0) is 0 Å². The number of halogens is 1. The predicted octanol–water partition coefficient (Wildman–Crippen LogP) is 3.54. The van der Waals surface area contributed by atoms with Crippen molar-refractivity contribution >= 4 is 17.3 Å². The highest BCUT2D eigenvalue weighted by molar-refractivity contribution is 6.30. The zero-order valence-corrected chi connectivity index (χ0v) is 14.9. The molecule has 0 saturated carbocycles. The van der Waals surface area contributed by atoms with E-state index < -0.39 is 0 Å². The second kappa shape index (κ2) is 6.34. The molecule has 1 fully saturated rings. The maximum Gasteiger partial charge on any atom is 0.115 e. The summed E-state index contributed by atoms with van der Waals surface area (Å²) in [6.07, 6.45) is 6.66. The molecule has 0 N–H and O–H groups in total. The maximum atomic E-state index is 6.29. The molecule has 126 valence electrons. The monoisotopic (exact) mass is 342 g/mol. The first-order valence-corrected chi connectivity index (χ1v) is 9.01. The Labute approximate surface area is 148 Å². The molecule has 4 rings (SSSR count). The van der Waals surface area contributed by atoms with Gasteiger partial charge in [-0.15, -0.1) is 0 Å². The largest absolute Gasteiger partial charge is 0.367 e. The molecule has 0 radical (unpaired) electrons. The summed E-state index contributed by atoms with van der Waals surface area (Å²) in [5, 5.41) is 0.840. The van der Waals surface area contributed by atoms with E-state index in [-0.39, 0.29) is 0 Å². The molecular weight excluding hydrogens is 320 g/mol. The number of fused-ring (bicyclic) bond motifs is 3. The Balaban J connectivity index is 1.65. The predicted molar refractivity (Wildman–Crippen MR) is 97.9 cm³/mol. The lowest BCUT2D eigenvalue weighted by atomic mass is 9.89. The van der Waals surface area contributed by atoms with Gasteiger partial charge in [0, 0.05) is 54.1 Å². The van der Waals surface area contributed by atoms with Crippen LogP contribution in [0.5, 0.6) is 0 Å². The highest BCUT2D eigenvalue weighted by atomic mass is 35.5. The first-order chi connectivity index (χ1) is 11.6. The molecule has 2 aromatic rings. The van der Waals surface area contributed by atoms with E-state index in [1.165, 1.54) is 23.2 Å². The molecule has 4 nitrogen and oxygen atoms in total. The van der Waals surface area contributed by atoms with Crippen molar-refractivity contribution in [1.82, 2.24) is 14.9 Å². The summed E-state index contributed by atoms with van der Waals surface area (Å²) < 4.78 is 0. The molecule has 24 heavy (non-hydrogen) atoms. The lowest BCUT2D eigenvalue weighted by Gasteiger charge is -2.38. The van der Waals surface area contributed by atoms with E-state index in [9.17, 15) is 0 Å². The lowest BCUT2D eigenvalue weighted by molar-refractivity contribution is 0.230. The Bertz CT molecular complexity index is 721. The molecule has 3 heterocycles. The van der Waals surface area contributed by atoms with Crippen LogP contribution in [0, 0.1) is 0 Å². The Morgan fingerprint density at radius 2 is 2.08 bits per heavy atom. The van der Waals surface area contributed by atoms with Crippen LogP contribution in [0.25, 0.3) is 0 Å². The normalized spacial score (nSPS) is 24.5. The molecule has 0 bridgehead atoms. The quantitative estimate of drug-likeness (QED) is 0.854. The van der Waals surface area contributed by atoms with Crippen LogP contribution in [0.3, 0.4) is 0 Å². The number of benzene rings is 1. The Kier molecular flexibility index (Phi) is 4.19. The third kappa shape index (κ3) is 2.78. The fourth-order valence-electron chi connectivity index (χ4n) is 4.24. The van der Waals surface area contributed by atoms with Crippen molar-refractivity contribution < 1.29 is 0 Å². The van der Waals surface area contributed by atoms with Gasteiger partial charge in [0.25, 0.3) is 0 Å². The molecule has 1 aromatic heterocycles. The van der Waals surface area contributed by atoms with E-state index in [1.54, 1.807) is 6.33 Å². The van der Waals surface area contributed by atoms with Crippen molar-refractivity contribution in [3.05, 3.63) is 53.1 Å². The van der Waals surface area contributed by atoms with Crippen LogP contribution in [0.1, 0.15) is 36.3 Å². The van der Waals surface area contributed by atoms with Crippen LogP contribution in [0.2, 0.25) is 5.02 Å². The molecule has 0 spiro atoms. The molecule has 2 unspecified atom stereocenters. The van der Waals surface area contributed by atoms with E-state index >= 15 is 0 Å².